The highest BCUT2D eigenvalue weighted by Crippen LogP contribution is 2.16. The number of amides is 1. The van der Waals surface area contributed by atoms with Gasteiger partial charge in [0.05, 0.1) is 0 Å². The number of carbonyl (C=O) groups is 1. The average molecular weight is 339 g/mol. The van der Waals surface area contributed by atoms with E-state index < -0.39 is 0 Å². The number of nitrogens with one attached hydrogen (secondary N) is 2. The largest absolute Gasteiger partial charge is 0.356 e. The molecule has 2 N–H and O–H groups in total. The van der Waals surface area contributed by atoms with Crippen LogP contribution in [0.2, 0.25) is 0 Å². The Labute approximate surface area is 129 Å². The Balaban J connectivity index is 1.72. The van der Waals surface area contributed by atoms with Gasteiger partial charge < -0.3 is 10.6 Å². The quantitative estimate of drug-likeness (QED) is 0.866. The van der Waals surface area contributed by atoms with Gasteiger partial charge in [-0.2, -0.15) is 0 Å². The highest BCUT2D eigenvalue weighted by molar-refractivity contribution is 9.10. The van der Waals surface area contributed by atoms with Crippen molar-refractivity contribution < 1.29 is 4.79 Å². The fraction of sp³-hybridized carbons (Fsp3) is 0.562. The Morgan fingerprint density at radius 3 is 3.05 bits per heavy atom. The summed E-state index contributed by atoms with van der Waals surface area (Å²) in [4.78, 5) is 11.9. The SMILES string of the molecule is Cc1ccc(Br)cc1CCNC(=O)CC1CCCCN1. The van der Waals surface area contributed by atoms with Gasteiger partial charge in [-0.05, 0) is 56.0 Å². The van der Waals surface area contributed by atoms with Gasteiger partial charge in [0.2, 0.25) is 5.91 Å². The Bertz CT molecular complexity index is 456. The van der Waals surface area contributed by atoms with E-state index in [4.69, 9.17) is 0 Å². The van der Waals surface area contributed by atoms with E-state index in [1.54, 1.807) is 0 Å². The molecule has 1 aliphatic heterocycles. The molecule has 1 saturated heterocycles. The van der Waals surface area contributed by atoms with E-state index in [-0.39, 0.29) is 5.91 Å². The monoisotopic (exact) mass is 338 g/mol. The second-order valence-electron chi connectivity index (χ2n) is 5.52. The van der Waals surface area contributed by atoms with E-state index in [2.05, 4.69) is 45.6 Å². The van der Waals surface area contributed by atoms with Crippen molar-refractivity contribution in [2.45, 2.75) is 45.1 Å². The highest BCUT2D eigenvalue weighted by atomic mass is 79.9. The van der Waals surface area contributed by atoms with Crippen LogP contribution in [0.5, 0.6) is 0 Å². The van der Waals surface area contributed by atoms with E-state index in [9.17, 15) is 4.79 Å². The Morgan fingerprint density at radius 1 is 1.45 bits per heavy atom. The van der Waals surface area contributed by atoms with Crippen molar-refractivity contribution in [2.75, 3.05) is 13.1 Å². The molecule has 0 aliphatic carbocycles. The van der Waals surface area contributed by atoms with Crippen molar-refractivity contribution in [3.05, 3.63) is 33.8 Å². The first-order valence-electron chi connectivity index (χ1n) is 7.40. The normalized spacial score (nSPS) is 18.8. The lowest BCUT2D eigenvalue weighted by Gasteiger charge is -2.22. The van der Waals surface area contributed by atoms with Crippen molar-refractivity contribution >= 4 is 21.8 Å². The summed E-state index contributed by atoms with van der Waals surface area (Å²) in [6.45, 7) is 3.87. The molecule has 0 aromatic heterocycles. The van der Waals surface area contributed by atoms with Gasteiger partial charge in [-0.1, -0.05) is 28.4 Å². The summed E-state index contributed by atoms with van der Waals surface area (Å²) in [5, 5.41) is 6.44. The molecule has 1 aliphatic rings. The molecule has 1 fully saturated rings. The van der Waals surface area contributed by atoms with Crippen LogP contribution in [0, 0.1) is 6.92 Å². The minimum atomic E-state index is 0.164. The zero-order chi connectivity index (χ0) is 14.4. The lowest BCUT2D eigenvalue weighted by Crippen LogP contribution is -2.39. The highest BCUT2D eigenvalue weighted by Gasteiger charge is 2.15. The second kappa shape index (κ2) is 7.79. The molecule has 2 rings (SSSR count). The maximum Gasteiger partial charge on any atom is 0.221 e. The van der Waals surface area contributed by atoms with E-state index in [1.165, 1.54) is 24.0 Å². The molecule has 1 aromatic carbocycles. The number of hydrogen-bond donors (Lipinski definition) is 2. The molecule has 110 valence electrons. The first-order valence-corrected chi connectivity index (χ1v) is 8.19. The number of piperidine rings is 1. The molecule has 0 radical (unpaired) electrons. The lowest BCUT2D eigenvalue weighted by molar-refractivity contribution is -0.121. The molecular formula is C16H23BrN2O. The Hall–Kier alpha value is -0.870. The topological polar surface area (TPSA) is 41.1 Å². The van der Waals surface area contributed by atoms with Crippen LogP contribution in [0.25, 0.3) is 0 Å². The van der Waals surface area contributed by atoms with Crippen LogP contribution in [0.15, 0.2) is 22.7 Å². The Kier molecular flexibility index (Phi) is 6.05. The van der Waals surface area contributed by atoms with Gasteiger partial charge in [0.25, 0.3) is 0 Å². The molecule has 1 heterocycles. The molecule has 20 heavy (non-hydrogen) atoms. The van der Waals surface area contributed by atoms with Crippen LogP contribution in [-0.2, 0) is 11.2 Å². The number of benzene rings is 1. The molecule has 0 saturated carbocycles. The standard InChI is InChI=1S/C16H23BrN2O/c1-12-5-6-14(17)10-13(12)7-9-19-16(20)11-15-4-2-3-8-18-15/h5-6,10,15,18H,2-4,7-9,11H2,1H3,(H,19,20). The zero-order valence-corrected chi connectivity index (χ0v) is 13.6. The average Bonchev–Trinajstić information content (AvgIpc) is 2.44. The van der Waals surface area contributed by atoms with Gasteiger partial charge in [-0.15, -0.1) is 0 Å². The van der Waals surface area contributed by atoms with E-state index in [1.807, 2.05) is 6.07 Å². The van der Waals surface area contributed by atoms with Crippen molar-refractivity contribution in [1.29, 1.82) is 0 Å². The summed E-state index contributed by atoms with van der Waals surface area (Å²) in [6.07, 6.45) is 5.09. The minimum Gasteiger partial charge on any atom is -0.356 e. The summed E-state index contributed by atoms with van der Waals surface area (Å²) in [5.41, 5.74) is 2.56. The molecular weight excluding hydrogens is 316 g/mol. The minimum absolute atomic E-state index is 0.164. The number of rotatable bonds is 5. The van der Waals surface area contributed by atoms with Crippen molar-refractivity contribution in [3.63, 3.8) is 0 Å². The molecule has 0 bridgehead atoms. The number of halogens is 1. The van der Waals surface area contributed by atoms with Crippen molar-refractivity contribution in [2.24, 2.45) is 0 Å². The van der Waals surface area contributed by atoms with Crippen LogP contribution < -0.4 is 10.6 Å². The van der Waals surface area contributed by atoms with E-state index in [0.717, 1.165) is 23.9 Å². The van der Waals surface area contributed by atoms with Gasteiger partial charge in [-0.25, -0.2) is 0 Å². The van der Waals surface area contributed by atoms with Gasteiger partial charge in [0.15, 0.2) is 0 Å². The van der Waals surface area contributed by atoms with Gasteiger partial charge in [0.1, 0.15) is 0 Å². The molecule has 4 heteroatoms. The van der Waals surface area contributed by atoms with Crippen LogP contribution >= 0.6 is 15.9 Å². The summed E-state index contributed by atoms with van der Waals surface area (Å²) < 4.78 is 1.09. The first-order chi connectivity index (χ1) is 9.65. The fourth-order valence-electron chi connectivity index (χ4n) is 2.64. The fourth-order valence-corrected chi connectivity index (χ4v) is 3.05. The third kappa shape index (κ3) is 4.91. The predicted molar refractivity (Wildman–Crippen MR) is 85.9 cm³/mol. The summed E-state index contributed by atoms with van der Waals surface area (Å²) in [6, 6.07) is 6.65. The van der Waals surface area contributed by atoms with Gasteiger partial charge in [0, 0.05) is 23.5 Å². The maximum atomic E-state index is 11.9. The third-order valence-electron chi connectivity index (χ3n) is 3.87. The predicted octanol–water partition coefficient (Wildman–Crippen LogP) is 2.95. The van der Waals surface area contributed by atoms with Crippen molar-refractivity contribution in [1.82, 2.24) is 10.6 Å². The van der Waals surface area contributed by atoms with E-state index in [0.29, 0.717) is 19.0 Å². The first kappa shape index (κ1) is 15.5. The van der Waals surface area contributed by atoms with Crippen LogP contribution in [0.3, 0.4) is 0 Å². The number of aryl methyl sites for hydroxylation is 1. The second-order valence-corrected chi connectivity index (χ2v) is 6.44. The Morgan fingerprint density at radius 2 is 2.30 bits per heavy atom. The molecule has 3 nitrogen and oxygen atoms in total. The third-order valence-corrected chi connectivity index (χ3v) is 4.37. The smallest absolute Gasteiger partial charge is 0.221 e. The van der Waals surface area contributed by atoms with E-state index >= 15 is 0 Å². The van der Waals surface area contributed by atoms with Gasteiger partial charge >= 0.3 is 0 Å². The van der Waals surface area contributed by atoms with Crippen LogP contribution in [0.4, 0.5) is 0 Å². The van der Waals surface area contributed by atoms with Crippen LogP contribution in [-0.4, -0.2) is 25.0 Å². The van der Waals surface area contributed by atoms with Crippen LogP contribution in [0.1, 0.15) is 36.8 Å². The van der Waals surface area contributed by atoms with Crippen molar-refractivity contribution in [3.8, 4) is 0 Å². The summed E-state index contributed by atoms with van der Waals surface area (Å²) >= 11 is 3.49. The summed E-state index contributed by atoms with van der Waals surface area (Å²) in [7, 11) is 0. The number of hydrogen-bond acceptors (Lipinski definition) is 2. The molecule has 1 aromatic rings. The molecule has 1 amide bonds. The maximum absolute atomic E-state index is 11.9. The molecule has 1 unspecified atom stereocenters. The van der Waals surface area contributed by atoms with Gasteiger partial charge in [-0.3, -0.25) is 4.79 Å². The molecule has 0 spiro atoms. The number of carbonyl (C=O) groups excluding carboxylic acids is 1. The zero-order valence-electron chi connectivity index (χ0n) is 12.0. The lowest BCUT2D eigenvalue weighted by atomic mass is 10.0. The summed E-state index contributed by atoms with van der Waals surface area (Å²) in [5.74, 6) is 0.164. The molecule has 1 atom stereocenters.